The number of benzene rings is 2. The smallest absolute Gasteiger partial charge is 0.416 e. The molecule has 0 spiro atoms. The maximum absolute atomic E-state index is 15.0. The van der Waals surface area contributed by atoms with Gasteiger partial charge in [-0.15, -0.1) is 0 Å². The van der Waals surface area contributed by atoms with Gasteiger partial charge in [0, 0.05) is 30.6 Å². The molecule has 1 aromatic heterocycles. The van der Waals surface area contributed by atoms with Gasteiger partial charge in [-0.3, -0.25) is 9.62 Å². The van der Waals surface area contributed by atoms with E-state index >= 15 is 4.39 Å². The third-order valence-corrected chi connectivity index (χ3v) is 6.14. The van der Waals surface area contributed by atoms with E-state index in [2.05, 4.69) is 14.7 Å². The molecule has 0 radical (unpaired) electrons. The fraction of sp³-hybridized carbons (Fsp3) is 0.190. The lowest BCUT2D eigenvalue weighted by Crippen LogP contribution is -2.39. The maximum Gasteiger partial charge on any atom is 0.416 e. The van der Waals surface area contributed by atoms with Crippen molar-refractivity contribution in [3.8, 4) is 17.5 Å². The summed E-state index contributed by atoms with van der Waals surface area (Å²) in [5, 5.41) is 0. The molecule has 1 aliphatic heterocycles. The van der Waals surface area contributed by atoms with E-state index in [1.807, 2.05) is 4.72 Å². The number of amides is 1. The zero-order valence-electron chi connectivity index (χ0n) is 18.0. The number of carbonyl (C=O) groups is 1. The number of hydrogen-bond donors (Lipinski definition) is 2. The Kier molecular flexibility index (Phi) is 6.30. The molecule has 0 fully saturated rings. The van der Waals surface area contributed by atoms with Crippen molar-refractivity contribution in [3.63, 3.8) is 0 Å². The van der Waals surface area contributed by atoms with Crippen LogP contribution in [0.5, 0.6) is 17.5 Å². The normalized spacial score (nSPS) is 15.5. The summed E-state index contributed by atoms with van der Waals surface area (Å²) in [7, 11) is -2.77. The Balaban J connectivity index is 1.60. The van der Waals surface area contributed by atoms with Gasteiger partial charge in [0.2, 0.25) is 5.82 Å². The van der Waals surface area contributed by atoms with E-state index in [1.54, 1.807) is 13.0 Å². The van der Waals surface area contributed by atoms with Gasteiger partial charge in [-0.2, -0.15) is 12.8 Å². The lowest BCUT2D eigenvalue weighted by molar-refractivity contribution is 0.114. The first-order valence-electron chi connectivity index (χ1n) is 9.94. The average molecular weight is 491 g/mol. The summed E-state index contributed by atoms with van der Waals surface area (Å²) < 4.78 is 68.0. The molecule has 13 heteroatoms. The number of halogens is 2. The monoisotopic (exact) mass is 491 g/mol. The summed E-state index contributed by atoms with van der Waals surface area (Å²) in [4.78, 5) is 21.6. The van der Waals surface area contributed by atoms with Gasteiger partial charge < -0.3 is 9.47 Å². The molecule has 1 atom stereocenters. The highest BCUT2D eigenvalue weighted by molar-refractivity contribution is 7.90. The molecule has 0 bridgehead atoms. The molecule has 0 saturated carbocycles. The molecule has 3 aromatic rings. The van der Waals surface area contributed by atoms with E-state index in [0.717, 1.165) is 0 Å². The van der Waals surface area contributed by atoms with Crippen molar-refractivity contribution < 1.29 is 31.5 Å². The fourth-order valence-electron chi connectivity index (χ4n) is 3.33. The molecule has 0 saturated heterocycles. The minimum absolute atomic E-state index is 0.0326. The predicted molar refractivity (Wildman–Crippen MR) is 116 cm³/mol. The van der Waals surface area contributed by atoms with Crippen LogP contribution in [0.3, 0.4) is 0 Å². The molecule has 2 N–H and O–H groups in total. The molecule has 0 aliphatic carbocycles. The lowest BCUT2D eigenvalue weighted by Gasteiger charge is -2.34. The highest BCUT2D eigenvalue weighted by Crippen LogP contribution is 2.41. The number of hydrogen-bond acceptors (Lipinski definition) is 7. The van der Waals surface area contributed by atoms with E-state index in [0.29, 0.717) is 5.56 Å². The molecular weight excluding hydrogens is 472 g/mol. The van der Waals surface area contributed by atoms with Crippen molar-refractivity contribution in [1.82, 2.24) is 19.6 Å². The highest BCUT2D eigenvalue weighted by Gasteiger charge is 2.35. The molecule has 2 aromatic carbocycles. The van der Waals surface area contributed by atoms with Crippen molar-refractivity contribution in [2.75, 3.05) is 11.8 Å². The van der Waals surface area contributed by atoms with Gasteiger partial charge in [0.15, 0.2) is 17.3 Å². The molecule has 178 valence electrons. The Morgan fingerprint density at radius 2 is 1.85 bits per heavy atom. The maximum atomic E-state index is 15.0. The SMILES string of the molecule is CNS(=O)(=O)Nc1cccc(CN2C(=O)Oc3c(ccc(Oc4ncccn4)c3F)[C@H]2C)c1F. The highest BCUT2D eigenvalue weighted by atomic mass is 32.2. The van der Waals surface area contributed by atoms with Crippen LogP contribution in [0.2, 0.25) is 0 Å². The summed E-state index contributed by atoms with van der Waals surface area (Å²) in [6.45, 7) is 1.38. The van der Waals surface area contributed by atoms with Gasteiger partial charge in [0.05, 0.1) is 18.3 Å². The van der Waals surface area contributed by atoms with Gasteiger partial charge in [0.25, 0.3) is 10.2 Å². The second-order valence-corrected chi connectivity index (χ2v) is 8.81. The van der Waals surface area contributed by atoms with Crippen molar-refractivity contribution in [3.05, 3.63) is 71.6 Å². The van der Waals surface area contributed by atoms with Crippen molar-refractivity contribution in [2.24, 2.45) is 0 Å². The van der Waals surface area contributed by atoms with Crippen LogP contribution in [0.4, 0.5) is 19.3 Å². The molecule has 2 heterocycles. The summed E-state index contributed by atoms with van der Waals surface area (Å²) in [5.74, 6) is -2.29. The fourth-order valence-corrected chi connectivity index (χ4v) is 3.88. The number of nitrogens with one attached hydrogen (secondary N) is 2. The van der Waals surface area contributed by atoms with Crippen LogP contribution in [0.25, 0.3) is 0 Å². The minimum Gasteiger partial charge on any atom is -0.421 e. The number of rotatable bonds is 7. The first-order valence-corrected chi connectivity index (χ1v) is 11.4. The minimum atomic E-state index is -3.95. The van der Waals surface area contributed by atoms with Crippen molar-refractivity contribution in [1.29, 1.82) is 0 Å². The second-order valence-electron chi connectivity index (χ2n) is 7.19. The van der Waals surface area contributed by atoms with E-state index in [9.17, 15) is 17.6 Å². The van der Waals surface area contributed by atoms with Gasteiger partial charge in [-0.05, 0) is 31.2 Å². The zero-order chi connectivity index (χ0) is 24.5. The van der Waals surface area contributed by atoms with Crippen LogP contribution >= 0.6 is 0 Å². The molecular formula is C21H19F2N5O5S. The van der Waals surface area contributed by atoms with Gasteiger partial charge in [-0.1, -0.05) is 12.1 Å². The van der Waals surface area contributed by atoms with Gasteiger partial charge >= 0.3 is 12.1 Å². The van der Waals surface area contributed by atoms with Gasteiger partial charge in [0.1, 0.15) is 0 Å². The van der Waals surface area contributed by atoms with Crippen LogP contribution in [0.15, 0.2) is 48.8 Å². The topological polar surface area (TPSA) is 123 Å². The number of ether oxygens (including phenoxy) is 2. The molecule has 10 nitrogen and oxygen atoms in total. The summed E-state index contributed by atoms with van der Waals surface area (Å²) in [6, 6.07) is 7.76. The number of anilines is 1. The number of aromatic nitrogens is 2. The molecule has 1 amide bonds. The summed E-state index contributed by atoms with van der Waals surface area (Å²) >= 11 is 0. The Labute approximate surface area is 193 Å². The summed E-state index contributed by atoms with van der Waals surface area (Å²) in [6.07, 6.45) is 1.94. The molecule has 1 aliphatic rings. The van der Waals surface area contributed by atoms with Gasteiger partial charge in [-0.25, -0.2) is 23.9 Å². The van der Waals surface area contributed by atoms with E-state index in [4.69, 9.17) is 9.47 Å². The van der Waals surface area contributed by atoms with Crippen LogP contribution in [-0.2, 0) is 16.8 Å². The van der Waals surface area contributed by atoms with Crippen LogP contribution in [0.1, 0.15) is 24.1 Å². The Morgan fingerprint density at radius 3 is 2.56 bits per heavy atom. The molecule has 0 unspecified atom stereocenters. The Bertz CT molecular complexity index is 1340. The lowest BCUT2D eigenvalue weighted by atomic mass is 10.0. The molecule has 34 heavy (non-hydrogen) atoms. The van der Waals surface area contributed by atoms with Crippen LogP contribution in [0, 0.1) is 11.6 Å². The Hall–Kier alpha value is -3.84. The Morgan fingerprint density at radius 1 is 1.12 bits per heavy atom. The second kappa shape index (κ2) is 9.19. The van der Waals surface area contributed by atoms with E-state index in [-0.39, 0.29) is 35.3 Å². The third-order valence-electron chi connectivity index (χ3n) is 5.11. The van der Waals surface area contributed by atoms with Crippen LogP contribution in [-0.4, -0.2) is 36.4 Å². The number of fused-ring (bicyclic) bond motifs is 1. The molecule has 4 rings (SSSR count). The quantitative estimate of drug-likeness (QED) is 0.519. The van der Waals surface area contributed by atoms with Crippen molar-refractivity contribution in [2.45, 2.75) is 19.5 Å². The predicted octanol–water partition coefficient (Wildman–Crippen LogP) is 3.50. The summed E-state index contributed by atoms with van der Waals surface area (Å²) in [5.41, 5.74) is 0.0809. The van der Waals surface area contributed by atoms with Crippen LogP contribution < -0.4 is 18.9 Å². The number of carbonyl (C=O) groups excluding carboxylic acids is 1. The van der Waals surface area contributed by atoms with E-state index in [1.165, 1.54) is 54.7 Å². The largest absolute Gasteiger partial charge is 0.421 e. The zero-order valence-corrected chi connectivity index (χ0v) is 18.8. The third kappa shape index (κ3) is 4.61. The van der Waals surface area contributed by atoms with E-state index < -0.39 is 34.0 Å². The average Bonchev–Trinajstić information content (AvgIpc) is 2.81. The van der Waals surface area contributed by atoms with Crippen molar-refractivity contribution >= 4 is 22.0 Å². The first-order chi connectivity index (χ1) is 16.2. The number of nitrogens with zero attached hydrogens (tertiary/aromatic N) is 3. The standard InChI is InChI=1S/C21H19F2N5O5S/c1-12-14-7-8-16(32-20-25-9-4-10-26-20)18(23)19(14)33-21(29)28(12)11-13-5-3-6-15(17(13)22)27-34(30,31)24-2/h3-10,12,24,27H,11H2,1-2H3/t12-/m1/s1. The first kappa shape index (κ1) is 23.3.